The van der Waals surface area contributed by atoms with Gasteiger partial charge in [0.1, 0.15) is 24.6 Å². The van der Waals surface area contributed by atoms with Crippen LogP contribution in [0.1, 0.15) is 106 Å². The Bertz CT molecular complexity index is 2860. The lowest BCUT2D eigenvalue weighted by Gasteiger charge is -2.63. The van der Waals surface area contributed by atoms with Crippen LogP contribution in [-0.4, -0.2) is 104 Å². The van der Waals surface area contributed by atoms with Gasteiger partial charge in [-0.2, -0.15) is 0 Å². The van der Waals surface area contributed by atoms with E-state index in [-0.39, 0.29) is 48.0 Å². The number of hydrogen-bond acceptors (Lipinski definition) is 14. The Balaban J connectivity index is 0.861. The van der Waals surface area contributed by atoms with Gasteiger partial charge in [0.2, 0.25) is 5.75 Å². The maximum absolute atomic E-state index is 12.3. The highest BCUT2D eigenvalue weighted by Crippen LogP contribution is 2.57. The molecule has 4 aliphatic heterocycles. The van der Waals surface area contributed by atoms with Gasteiger partial charge in [-0.1, -0.05) is 18.2 Å². The first-order valence-corrected chi connectivity index (χ1v) is 25.8. The monoisotopic (exact) mass is 1000 g/mol. The van der Waals surface area contributed by atoms with E-state index in [0.717, 1.165) is 55.2 Å². The van der Waals surface area contributed by atoms with Crippen LogP contribution in [0.4, 0.5) is 0 Å². The molecule has 8 unspecified atom stereocenters. The number of benzene rings is 2. The minimum Gasteiger partial charge on any atom is -0.504 e. The van der Waals surface area contributed by atoms with Crippen LogP contribution >= 0.6 is 0 Å². The molecule has 7 heterocycles. The number of pyridine rings is 1. The zero-order valence-corrected chi connectivity index (χ0v) is 41.6. The number of hydrogen-bond donors (Lipinski definition) is 10. The third-order valence-electron chi connectivity index (χ3n) is 15.7. The van der Waals surface area contributed by atoms with E-state index in [1.807, 2.05) is 43.6 Å². The molecule has 5 aliphatic rings. The number of aromatic nitrogens is 3. The average molecular weight is 1000 g/mol. The molecule has 1 spiro atoms. The number of esters is 1. The number of rotatable bonds is 17. The number of dihydropyridines is 1. The molecular formula is C55H69N9O9. The molecule has 18 heteroatoms. The number of allylic oxidation sites excluding steroid dienone is 2. The van der Waals surface area contributed by atoms with Gasteiger partial charge >= 0.3 is 5.97 Å². The number of aliphatic hydroxyl groups excluding tert-OH is 1. The number of nitrogens with zero attached hydrogens (tertiary/aromatic N) is 3. The van der Waals surface area contributed by atoms with E-state index in [1.165, 1.54) is 29.6 Å². The second-order valence-electron chi connectivity index (χ2n) is 20.3. The average Bonchev–Trinajstić information content (AvgIpc) is 3.99. The van der Waals surface area contributed by atoms with Crippen LogP contribution in [0.15, 0.2) is 102 Å². The first-order chi connectivity index (χ1) is 35.4. The van der Waals surface area contributed by atoms with Crippen molar-refractivity contribution in [3.05, 3.63) is 119 Å². The van der Waals surface area contributed by atoms with Crippen molar-refractivity contribution >= 4 is 22.8 Å². The van der Waals surface area contributed by atoms with Gasteiger partial charge < -0.3 is 70.6 Å². The number of H-pyrrole nitrogens is 1. The van der Waals surface area contributed by atoms with Gasteiger partial charge in [0.25, 0.3) is 0 Å². The molecule has 11 N–H and O–H groups in total. The Morgan fingerprint density at radius 1 is 1.05 bits per heavy atom. The number of carbonyl (C=O) groups is 1. The number of aliphatic hydroxyl groups is 1. The van der Waals surface area contributed by atoms with Crippen molar-refractivity contribution in [1.82, 2.24) is 35.8 Å². The molecule has 0 amide bonds. The van der Waals surface area contributed by atoms with E-state index in [0.29, 0.717) is 81.1 Å². The van der Waals surface area contributed by atoms with Crippen molar-refractivity contribution < 1.29 is 44.2 Å². The smallest absolute Gasteiger partial charge is 0.302 e. The summed E-state index contributed by atoms with van der Waals surface area (Å²) in [7, 11) is 1.81. The fourth-order valence-corrected chi connectivity index (χ4v) is 12.3. The van der Waals surface area contributed by atoms with Crippen LogP contribution in [0.25, 0.3) is 10.9 Å². The van der Waals surface area contributed by atoms with Crippen LogP contribution in [0.2, 0.25) is 0 Å². The Labute approximate surface area is 425 Å². The predicted octanol–water partition coefficient (Wildman–Crippen LogP) is 6.28. The van der Waals surface area contributed by atoms with Gasteiger partial charge in [0.05, 0.1) is 41.1 Å². The van der Waals surface area contributed by atoms with Crippen molar-refractivity contribution in [2.45, 2.75) is 133 Å². The van der Waals surface area contributed by atoms with E-state index in [4.69, 9.17) is 29.7 Å². The summed E-state index contributed by atoms with van der Waals surface area (Å²) in [6.07, 6.45) is 17.3. The van der Waals surface area contributed by atoms with Crippen LogP contribution in [0.3, 0.4) is 0 Å². The fourth-order valence-electron chi connectivity index (χ4n) is 12.3. The number of nitrogens with two attached hydrogens (primary N) is 1. The molecule has 1 aliphatic carbocycles. The number of aliphatic imine (C=N–C) groups is 1. The highest BCUT2D eigenvalue weighted by atomic mass is 16.6. The van der Waals surface area contributed by atoms with Crippen LogP contribution in [0, 0.1) is 5.41 Å². The van der Waals surface area contributed by atoms with E-state index in [1.54, 1.807) is 24.5 Å². The molecule has 8 atom stereocenters. The summed E-state index contributed by atoms with van der Waals surface area (Å²) in [6.45, 7) is 2.93. The third-order valence-corrected chi connectivity index (χ3v) is 15.7. The summed E-state index contributed by atoms with van der Waals surface area (Å²) in [4.78, 5) is 25.0. The van der Waals surface area contributed by atoms with Crippen molar-refractivity contribution in [2.75, 3.05) is 26.7 Å². The topological polar surface area (TPSA) is 255 Å². The molecule has 3 fully saturated rings. The highest BCUT2D eigenvalue weighted by Gasteiger charge is 2.65. The molecule has 2 aromatic carbocycles. The summed E-state index contributed by atoms with van der Waals surface area (Å²) in [5.74, 6) is 0.803. The zero-order valence-electron chi connectivity index (χ0n) is 41.6. The maximum atomic E-state index is 12.3. The van der Waals surface area contributed by atoms with Crippen LogP contribution in [0.5, 0.6) is 28.7 Å². The van der Waals surface area contributed by atoms with Gasteiger partial charge in [-0.15, -0.1) is 0 Å². The number of phenols is 3. The largest absolute Gasteiger partial charge is 0.504 e. The summed E-state index contributed by atoms with van der Waals surface area (Å²) in [6, 6.07) is 14.5. The molecule has 18 nitrogen and oxygen atoms in total. The van der Waals surface area contributed by atoms with E-state index < -0.39 is 35.4 Å². The molecule has 2 saturated heterocycles. The molecule has 3 aromatic heterocycles. The van der Waals surface area contributed by atoms with E-state index in [2.05, 4.69) is 54.1 Å². The Morgan fingerprint density at radius 3 is 2.77 bits per heavy atom. The van der Waals surface area contributed by atoms with Crippen molar-refractivity contribution in [2.24, 2.45) is 16.1 Å². The van der Waals surface area contributed by atoms with Crippen molar-refractivity contribution in [1.29, 1.82) is 0 Å². The summed E-state index contributed by atoms with van der Waals surface area (Å²) >= 11 is 0. The molecule has 0 bridgehead atoms. The lowest BCUT2D eigenvalue weighted by Crippen LogP contribution is -2.78. The zero-order chi connectivity index (χ0) is 50.7. The lowest BCUT2D eigenvalue weighted by molar-refractivity contribution is -0.160. The van der Waals surface area contributed by atoms with Gasteiger partial charge in [-0.05, 0) is 130 Å². The maximum Gasteiger partial charge on any atom is 0.302 e. The number of aromatic amines is 1. The molecule has 0 radical (unpaired) electrons. The summed E-state index contributed by atoms with van der Waals surface area (Å²) < 4.78 is 27.6. The number of nitrogens with one attached hydrogen (secondary N) is 5. The minimum atomic E-state index is -0.896. The Morgan fingerprint density at radius 2 is 1.95 bits per heavy atom. The number of phenolic OH excluding ortho intramolecular Hbond substituents is 3. The number of fused-ring (bicyclic) bond motifs is 6. The first kappa shape index (κ1) is 49.7. The molecule has 10 rings (SSSR count). The number of guanidine groups is 1. The van der Waals surface area contributed by atoms with Gasteiger partial charge in [0, 0.05) is 81.6 Å². The summed E-state index contributed by atoms with van der Waals surface area (Å²) in [5.41, 5.74) is 10.6. The SMILES string of the molecule is CNC(O)C12CCc3c4cc[nH]c4cn3C1NC(=NCCCC1=CCNC(N)=C1)NC21CCCC(Oc2cc(CCC3CC(OC(C)=O)CC(c4cc(O)c(O)c(OCCc5cccnc5)c4)O3)ccc2O)C1. The van der Waals surface area contributed by atoms with Crippen LogP contribution < -0.4 is 36.5 Å². The van der Waals surface area contributed by atoms with E-state index >= 15 is 0 Å². The van der Waals surface area contributed by atoms with Crippen LogP contribution in [-0.2, 0) is 33.5 Å². The van der Waals surface area contributed by atoms with Gasteiger partial charge in [0.15, 0.2) is 29.0 Å². The number of carbonyl (C=O) groups excluding carboxylic acids is 1. The van der Waals surface area contributed by atoms with Gasteiger partial charge in [-0.3, -0.25) is 20.1 Å². The first-order valence-electron chi connectivity index (χ1n) is 25.8. The lowest BCUT2D eigenvalue weighted by atomic mass is 9.55. The second kappa shape index (κ2) is 21.3. The highest BCUT2D eigenvalue weighted by molar-refractivity contribution is 5.85. The molecular weight excluding hydrogens is 931 g/mol. The van der Waals surface area contributed by atoms with Crippen molar-refractivity contribution in [3.8, 4) is 28.7 Å². The number of ether oxygens (including phenoxy) is 4. The summed E-state index contributed by atoms with van der Waals surface area (Å²) in [5, 5.41) is 60.5. The molecule has 388 valence electrons. The quantitative estimate of drug-likeness (QED) is 0.0213. The standard InChI is InChI=1S/C55H69N9O9/c1-33(65)71-40-28-38(72-46(29-40)37-26-45(67)50(68)48(27-37)70-23-16-36-7-4-19-58-31-36)11-9-35-10-12-44(66)47(24-35)73-39-8-3-17-54(30-39)55(52(69)57-2)18-13-43-41-15-22-59-42(41)32-64(43)51(55)62-53(63-54)61-20-5-6-34-14-21-60-49(56)25-34/h4,7,10,12,14-15,19,22,24-27,31-32,38-40,46,51-52,57,59-60,66-69H,3,5-6,8-9,11,13,16-18,20-21,23,28-30,56H2,1-2H3,(H2,61,62,63). The van der Waals surface area contributed by atoms with Crippen molar-refractivity contribution in [3.63, 3.8) is 0 Å². The molecule has 73 heavy (non-hydrogen) atoms. The fraction of sp³-hybridized carbons (Fsp3) is 0.473. The third kappa shape index (κ3) is 10.4. The molecule has 5 aromatic rings. The Hall–Kier alpha value is -6.89. The Kier molecular flexibility index (Phi) is 14.5. The number of aryl methyl sites for hydroxylation is 2. The molecule has 1 saturated carbocycles. The predicted molar refractivity (Wildman–Crippen MR) is 275 cm³/mol. The normalized spacial score (nSPS) is 26.6. The minimum absolute atomic E-state index is 0.0337. The van der Waals surface area contributed by atoms with E-state index in [9.17, 15) is 25.2 Å². The number of aromatic hydroxyl groups is 3. The second-order valence-corrected chi connectivity index (χ2v) is 20.3. The van der Waals surface area contributed by atoms with Gasteiger partial charge in [-0.25, -0.2) is 0 Å².